The molecule has 1 unspecified atom stereocenters. The van der Waals surface area contributed by atoms with Crippen LogP contribution < -0.4 is 11.1 Å². The largest absolute Gasteiger partial charge is 0.392 e. The normalized spacial score (nSPS) is 28.8. The van der Waals surface area contributed by atoms with Gasteiger partial charge in [-0.05, 0) is 31.1 Å². The Morgan fingerprint density at radius 2 is 1.95 bits per heavy atom. The van der Waals surface area contributed by atoms with E-state index in [0.29, 0.717) is 31.0 Å². The molecule has 1 heterocycles. The highest BCUT2D eigenvalue weighted by Crippen LogP contribution is 2.39. The zero-order chi connectivity index (χ0) is 14.1. The first-order valence-corrected chi connectivity index (χ1v) is 7.48. The molecule has 0 aromatic carbocycles. The first-order chi connectivity index (χ1) is 8.88. The van der Waals surface area contributed by atoms with Gasteiger partial charge < -0.3 is 15.8 Å². The van der Waals surface area contributed by atoms with Gasteiger partial charge in [-0.25, -0.2) is 0 Å². The molecule has 0 spiro atoms. The first-order valence-electron chi connectivity index (χ1n) is 7.07. The number of carbonyl (C=O) groups excluding carboxylic acids is 1. The zero-order valence-electron chi connectivity index (χ0n) is 11.8. The maximum absolute atomic E-state index is 12.7. The quantitative estimate of drug-likeness (QED) is 0.775. The van der Waals surface area contributed by atoms with Crippen LogP contribution in [0.2, 0.25) is 0 Å². The van der Waals surface area contributed by atoms with E-state index in [1.54, 1.807) is 0 Å². The molecule has 1 saturated heterocycles. The van der Waals surface area contributed by atoms with Gasteiger partial charge in [0.15, 0.2) is 0 Å². The van der Waals surface area contributed by atoms with Crippen LogP contribution in [0.3, 0.4) is 0 Å². The molecule has 0 radical (unpaired) electrons. The second-order valence-corrected chi connectivity index (χ2v) is 6.91. The summed E-state index contributed by atoms with van der Waals surface area (Å²) in [7, 11) is 0. The molecule has 1 atom stereocenters. The van der Waals surface area contributed by atoms with Gasteiger partial charge in [-0.1, -0.05) is 32.5 Å². The summed E-state index contributed by atoms with van der Waals surface area (Å²) < 4.78 is 5.34. The molecule has 1 amide bonds. The van der Waals surface area contributed by atoms with Crippen LogP contribution >= 0.6 is 12.2 Å². The van der Waals surface area contributed by atoms with Crippen LogP contribution in [0.1, 0.15) is 46.0 Å². The minimum atomic E-state index is -0.702. The van der Waals surface area contributed by atoms with Gasteiger partial charge in [0.25, 0.3) is 0 Å². The number of carbonyl (C=O) groups is 1. The van der Waals surface area contributed by atoms with Crippen molar-refractivity contribution < 1.29 is 9.53 Å². The van der Waals surface area contributed by atoms with Crippen LogP contribution in [0.15, 0.2) is 0 Å². The SMILES string of the molecule is CC1(C)CCCC1NC(=O)C1(C(N)=S)CCOCC1. The van der Waals surface area contributed by atoms with Crippen LogP contribution in [0.25, 0.3) is 0 Å². The second-order valence-electron chi connectivity index (χ2n) is 6.47. The zero-order valence-corrected chi connectivity index (χ0v) is 12.6. The number of ether oxygens (including phenoxy) is 1. The summed E-state index contributed by atoms with van der Waals surface area (Å²) in [5.74, 6) is 0.00303. The van der Waals surface area contributed by atoms with E-state index in [0.717, 1.165) is 12.8 Å². The number of hydrogen-bond acceptors (Lipinski definition) is 3. The Labute approximate surface area is 120 Å². The summed E-state index contributed by atoms with van der Waals surface area (Å²) in [6.07, 6.45) is 4.56. The van der Waals surface area contributed by atoms with Gasteiger partial charge in [-0.3, -0.25) is 4.79 Å². The average Bonchev–Trinajstić information content (AvgIpc) is 2.69. The third-order valence-electron chi connectivity index (χ3n) is 4.82. The summed E-state index contributed by atoms with van der Waals surface area (Å²) in [4.78, 5) is 13.0. The van der Waals surface area contributed by atoms with Gasteiger partial charge in [-0.15, -0.1) is 0 Å². The first kappa shape index (κ1) is 14.7. The van der Waals surface area contributed by atoms with Gasteiger partial charge in [-0.2, -0.15) is 0 Å². The summed E-state index contributed by atoms with van der Waals surface area (Å²) in [6.45, 7) is 5.53. The Morgan fingerprint density at radius 3 is 2.42 bits per heavy atom. The van der Waals surface area contributed by atoms with Crippen molar-refractivity contribution >= 4 is 23.1 Å². The van der Waals surface area contributed by atoms with Crippen LogP contribution in [-0.4, -0.2) is 30.2 Å². The molecule has 1 aliphatic heterocycles. The molecule has 1 saturated carbocycles. The summed E-state index contributed by atoms with van der Waals surface area (Å²) in [6, 6.07) is 0.231. The standard InChI is InChI=1S/C14H24N2O2S/c1-13(2)5-3-4-10(13)16-12(17)14(11(15)19)6-8-18-9-7-14/h10H,3-9H2,1-2H3,(H2,15,19)(H,16,17). The molecule has 0 bridgehead atoms. The summed E-state index contributed by atoms with van der Waals surface area (Å²) >= 11 is 5.16. The van der Waals surface area contributed by atoms with Gasteiger partial charge in [0.05, 0.1) is 4.99 Å². The highest BCUT2D eigenvalue weighted by molar-refractivity contribution is 7.80. The van der Waals surface area contributed by atoms with Crippen LogP contribution in [-0.2, 0) is 9.53 Å². The van der Waals surface area contributed by atoms with E-state index in [-0.39, 0.29) is 17.4 Å². The monoisotopic (exact) mass is 284 g/mol. The summed E-state index contributed by atoms with van der Waals surface area (Å²) in [5, 5.41) is 3.20. The number of hydrogen-bond donors (Lipinski definition) is 2. The van der Waals surface area contributed by atoms with Crippen molar-refractivity contribution in [3.63, 3.8) is 0 Å². The minimum Gasteiger partial charge on any atom is -0.392 e. The fourth-order valence-electron chi connectivity index (χ4n) is 3.20. The Morgan fingerprint density at radius 1 is 1.32 bits per heavy atom. The predicted molar refractivity (Wildman–Crippen MR) is 78.8 cm³/mol. The van der Waals surface area contributed by atoms with E-state index >= 15 is 0 Å². The highest BCUT2D eigenvalue weighted by Gasteiger charge is 2.45. The van der Waals surface area contributed by atoms with E-state index < -0.39 is 5.41 Å². The van der Waals surface area contributed by atoms with Crippen LogP contribution in [0.4, 0.5) is 0 Å². The second kappa shape index (κ2) is 5.37. The van der Waals surface area contributed by atoms with Crippen LogP contribution in [0, 0.1) is 10.8 Å². The van der Waals surface area contributed by atoms with Gasteiger partial charge in [0.2, 0.25) is 5.91 Å². The lowest BCUT2D eigenvalue weighted by atomic mass is 9.78. The summed E-state index contributed by atoms with van der Waals surface area (Å²) in [5.41, 5.74) is 5.32. The van der Waals surface area contributed by atoms with Gasteiger partial charge in [0, 0.05) is 19.3 Å². The van der Waals surface area contributed by atoms with Crippen molar-refractivity contribution in [2.24, 2.45) is 16.6 Å². The third kappa shape index (κ3) is 2.77. The molecule has 0 aromatic rings. The molecule has 0 aromatic heterocycles. The fourth-order valence-corrected chi connectivity index (χ4v) is 3.49. The molecule has 19 heavy (non-hydrogen) atoms. The molecule has 3 N–H and O–H groups in total. The number of thiocarbonyl (C=S) groups is 1. The fraction of sp³-hybridized carbons (Fsp3) is 0.857. The lowest BCUT2D eigenvalue weighted by Crippen LogP contribution is -2.55. The van der Waals surface area contributed by atoms with E-state index in [2.05, 4.69) is 19.2 Å². The molecule has 4 nitrogen and oxygen atoms in total. The van der Waals surface area contributed by atoms with E-state index in [9.17, 15) is 4.79 Å². The van der Waals surface area contributed by atoms with Crippen LogP contribution in [0.5, 0.6) is 0 Å². The smallest absolute Gasteiger partial charge is 0.233 e. The molecule has 5 heteroatoms. The topological polar surface area (TPSA) is 64.4 Å². The third-order valence-corrected chi connectivity index (χ3v) is 5.21. The molecule has 2 aliphatic rings. The Balaban J connectivity index is 2.10. The highest BCUT2D eigenvalue weighted by atomic mass is 32.1. The minimum absolute atomic E-state index is 0.00303. The average molecular weight is 284 g/mol. The van der Waals surface area contributed by atoms with Crippen molar-refractivity contribution in [2.75, 3.05) is 13.2 Å². The van der Waals surface area contributed by atoms with E-state index in [1.807, 2.05) is 0 Å². The molecule has 2 rings (SSSR count). The number of rotatable bonds is 3. The number of nitrogens with two attached hydrogens (primary N) is 1. The van der Waals surface area contributed by atoms with Crippen molar-refractivity contribution in [3.8, 4) is 0 Å². The predicted octanol–water partition coefficient (Wildman–Crippen LogP) is 1.76. The Bertz CT molecular complexity index is 376. The Hall–Kier alpha value is -0.680. The lowest BCUT2D eigenvalue weighted by molar-refractivity contribution is -0.132. The molecule has 2 fully saturated rings. The van der Waals surface area contributed by atoms with Gasteiger partial charge >= 0.3 is 0 Å². The number of amides is 1. The van der Waals surface area contributed by atoms with Gasteiger partial charge in [0.1, 0.15) is 5.41 Å². The van der Waals surface area contributed by atoms with Crippen molar-refractivity contribution in [1.29, 1.82) is 0 Å². The van der Waals surface area contributed by atoms with Crippen molar-refractivity contribution in [1.82, 2.24) is 5.32 Å². The van der Waals surface area contributed by atoms with E-state index in [4.69, 9.17) is 22.7 Å². The Kier molecular flexibility index (Phi) is 4.16. The molecular formula is C14H24N2O2S. The lowest BCUT2D eigenvalue weighted by Gasteiger charge is -2.37. The number of nitrogens with one attached hydrogen (secondary N) is 1. The van der Waals surface area contributed by atoms with E-state index in [1.165, 1.54) is 6.42 Å². The van der Waals surface area contributed by atoms with Crippen molar-refractivity contribution in [2.45, 2.75) is 52.0 Å². The molecule has 1 aliphatic carbocycles. The van der Waals surface area contributed by atoms with Crippen molar-refractivity contribution in [3.05, 3.63) is 0 Å². The molecule has 108 valence electrons. The maximum atomic E-state index is 12.7. The molecular weight excluding hydrogens is 260 g/mol. The maximum Gasteiger partial charge on any atom is 0.233 e.